The second kappa shape index (κ2) is 7.86. The number of ether oxygens (including phenoxy) is 2. The lowest BCUT2D eigenvalue weighted by molar-refractivity contribution is 0.0237. The SMILES string of the molecule is Cc1cc(CC2(F)CCCN([C@H](C)c3nc4c(cc3F)OCCO4)C2)cc(C)n1. The maximum absolute atomic E-state index is 15.8. The Hall–Kier alpha value is -2.28. The first-order chi connectivity index (χ1) is 13.8. The van der Waals surface area contributed by atoms with Crippen molar-refractivity contribution in [2.75, 3.05) is 26.3 Å². The molecule has 4 rings (SSSR count). The molecule has 1 unspecified atom stereocenters. The molecule has 2 aliphatic rings. The van der Waals surface area contributed by atoms with Crippen molar-refractivity contribution in [3.05, 3.63) is 46.7 Å². The number of rotatable bonds is 4. The normalized spacial score (nSPS) is 23.1. The van der Waals surface area contributed by atoms with Crippen LogP contribution in [0.25, 0.3) is 0 Å². The Morgan fingerprint density at radius 2 is 1.86 bits per heavy atom. The van der Waals surface area contributed by atoms with Crippen LogP contribution >= 0.6 is 0 Å². The molecule has 0 spiro atoms. The van der Waals surface area contributed by atoms with E-state index in [-0.39, 0.29) is 18.3 Å². The van der Waals surface area contributed by atoms with E-state index in [0.29, 0.717) is 44.2 Å². The molecular formula is C22H27F2N3O2. The van der Waals surface area contributed by atoms with Gasteiger partial charge in [0.05, 0.1) is 11.7 Å². The number of hydrogen-bond donors (Lipinski definition) is 0. The molecule has 156 valence electrons. The van der Waals surface area contributed by atoms with Crippen LogP contribution in [0, 0.1) is 19.7 Å². The van der Waals surface area contributed by atoms with E-state index in [1.165, 1.54) is 6.07 Å². The van der Waals surface area contributed by atoms with Gasteiger partial charge in [-0.25, -0.2) is 13.8 Å². The molecule has 0 amide bonds. The lowest BCUT2D eigenvalue weighted by atomic mass is 9.87. The maximum atomic E-state index is 15.8. The van der Waals surface area contributed by atoms with Gasteiger partial charge < -0.3 is 9.47 Å². The van der Waals surface area contributed by atoms with Crippen molar-refractivity contribution in [3.8, 4) is 11.6 Å². The summed E-state index contributed by atoms with van der Waals surface area (Å²) >= 11 is 0. The quantitative estimate of drug-likeness (QED) is 0.769. The van der Waals surface area contributed by atoms with Gasteiger partial charge in [-0.15, -0.1) is 0 Å². The van der Waals surface area contributed by atoms with E-state index >= 15 is 4.39 Å². The molecule has 0 saturated carbocycles. The standard InChI is InChI=1S/C22H27F2N3O2/c1-14-9-17(10-15(2)25-14)12-22(24)5-4-6-27(13-22)16(3)20-18(23)11-19-21(26-20)29-8-7-28-19/h9-11,16H,4-8,12-13H2,1-3H3/t16-,22?/m1/s1. The number of alkyl halides is 1. The minimum Gasteiger partial charge on any atom is -0.484 e. The van der Waals surface area contributed by atoms with Crippen molar-refractivity contribution in [1.29, 1.82) is 0 Å². The number of pyridine rings is 2. The molecule has 2 aromatic rings. The lowest BCUT2D eigenvalue weighted by Gasteiger charge is -2.40. The van der Waals surface area contributed by atoms with Gasteiger partial charge in [-0.1, -0.05) is 0 Å². The summed E-state index contributed by atoms with van der Waals surface area (Å²) in [5, 5.41) is 0. The third kappa shape index (κ3) is 4.34. The van der Waals surface area contributed by atoms with Gasteiger partial charge >= 0.3 is 0 Å². The van der Waals surface area contributed by atoms with Crippen LogP contribution in [0.3, 0.4) is 0 Å². The highest BCUT2D eigenvalue weighted by atomic mass is 19.1. The van der Waals surface area contributed by atoms with E-state index in [2.05, 4.69) is 9.97 Å². The van der Waals surface area contributed by atoms with Gasteiger partial charge in [0.25, 0.3) is 5.88 Å². The Labute approximate surface area is 170 Å². The van der Waals surface area contributed by atoms with Crippen LogP contribution in [0.15, 0.2) is 18.2 Å². The zero-order chi connectivity index (χ0) is 20.6. The largest absolute Gasteiger partial charge is 0.484 e. The highest BCUT2D eigenvalue weighted by Crippen LogP contribution is 2.37. The molecule has 0 radical (unpaired) electrons. The molecule has 2 aliphatic heterocycles. The van der Waals surface area contributed by atoms with Crippen molar-refractivity contribution in [2.45, 2.75) is 51.7 Å². The van der Waals surface area contributed by atoms with Crippen LogP contribution in [0.2, 0.25) is 0 Å². The Morgan fingerprint density at radius 1 is 1.14 bits per heavy atom. The zero-order valence-corrected chi connectivity index (χ0v) is 17.2. The molecule has 0 aliphatic carbocycles. The number of fused-ring (bicyclic) bond motifs is 1. The third-order valence-corrected chi connectivity index (χ3v) is 5.68. The number of hydrogen-bond acceptors (Lipinski definition) is 5. The zero-order valence-electron chi connectivity index (χ0n) is 17.2. The molecule has 1 fully saturated rings. The van der Waals surface area contributed by atoms with Crippen LogP contribution in [0.5, 0.6) is 11.6 Å². The van der Waals surface area contributed by atoms with E-state index in [0.717, 1.165) is 23.4 Å². The first-order valence-corrected chi connectivity index (χ1v) is 10.2. The summed E-state index contributed by atoms with van der Waals surface area (Å²) in [6.45, 7) is 7.43. The number of likely N-dealkylation sites (tertiary alicyclic amines) is 1. The van der Waals surface area contributed by atoms with Gasteiger partial charge in [0, 0.05) is 30.4 Å². The summed E-state index contributed by atoms with van der Waals surface area (Å²) in [4.78, 5) is 10.7. The molecule has 7 heteroatoms. The maximum Gasteiger partial charge on any atom is 0.257 e. The number of piperidine rings is 1. The van der Waals surface area contributed by atoms with Gasteiger partial charge in [-0.3, -0.25) is 9.88 Å². The first kappa shape index (κ1) is 20.0. The van der Waals surface area contributed by atoms with Gasteiger partial charge in [-0.2, -0.15) is 0 Å². The molecule has 29 heavy (non-hydrogen) atoms. The summed E-state index contributed by atoms with van der Waals surface area (Å²) in [5.74, 6) is 0.189. The van der Waals surface area contributed by atoms with Crippen molar-refractivity contribution in [1.82, 2.24) is 14.9 Å². The smallest absolute Gasteiger partial charge is 0.257 e. The average Bonchev–Trinajstić information content (AvgIpc) is 2.65. The molecule has 2 atom stereocenters. The summed E-state index contributed by atoms with van der Waals surface area (Å²) in [7, 11) is 0. The Kier molecular flexibility index (Phi) is 5.42. The van der Waals surface area contributed by atoms with Crippen molar-refractivity contribution in [3.63, 3.8) is 0 Å². The number of nitrogens with zero attached hydrogens (tertiary/aromatic N) is 3. The van der Waals surface area contributed by atoms with Crippen molar-refractivity contribution < 1.29 is 18.3 Å². The Balaban J connectivity index is 1.53. The fourth-order valence-electron chi connectivity index (χ4n) is 4.42. The molecular weight excluding hydrogens is 376 g/mol. The minimum absolute atomic E-state index is 0.240. The third-order valence-electron chi connectivity index (χ3n) is 5.68. The highest BCUT2D eigenvalue weighted by molar-refractivity contribution is 5.37. The minimum atomic E-state index is -1.36. The van der Waals surface area contributed by atoms with E-state index < -0.39 is 11.5 Å². The monoisotopic (exact) mass is 403 g/mol. The van der Waals surface area contributed by atoms with E-state index in [4.69, 9.17) is 9.47 Å². The second-order valence-corrected chi connectivity index (χ2v) is 8.19. The Morgan fingerprint density at radius 3 is 2.62 bits per heavy atom. The average molecular weight is 403 g/mol. The Bertz CT molecular complexity index is 888. The molecule has 4 heterocycles. The summed E-state index contributed by atoms with van der Waals surface area (Å²) < 4.78 is 41.4. The van der Waals surface area contributed by atoms with E-state index in [1.807, 2.05) is 37.8 Å². The summed E-state index contributed by atoms with van der Waals surface area (Å²) in [5.41, 5.74) is 1.65. The predicted octanol–water partition coefficient (Wildman–Crippen LogP) is 4.11. The molecule has 0 bridgehead atoms. The van der Waals surface area contributed by atoms with Crippen LogP contribution in [-0.4, -0.2) is 46.8 Å². The lowest BCUT2D eigenvalue weighted by Crippen LogP contribution is -2.47. The van der Waals surface area contributed by atoms with E-state index in [1.54, 1.807) is 0 Å². The number of aryl methyl sites for hydroxylation is 2. The topological polar surface area (TPSA) is 47.5 Å². The fourth-order valence-corrected chi connectivity index (χ4v) is 4.42. The second-order valence-electron chi connectivity index (χ2n) is 8.19. The van der Waals surface area contributed by atoms with Crippen molar-refractivity contribution in [2.24, 2.45) is 0 Å². The highest BCUT2D eigenvalue weighted by Gasteiger charge is 2.38. The van der Waals surface area contributed by atoms with E-state index in [9.17, 15) is 4.39 Å². The molecule has 5 nitrogen and oxygen atoms in total. The number of halogens is 2. The van der Waals surface area contributed by atoms with Crippen LogP contribution < -0.4 is 9.47 Å². The van der Waals surface area contributed by atoms with Crippen molar-refractivity contribution >= 4 is 0 Å². The van der Waals surface area contributed by atoms with Crippen LogP contribution in [0.4, 0.5) is 8.78 Å². The van der Waals surface area contributed by atoms with Crippen LogP contribution in [0.1, 0.15) is 48.5 Å². The van der Waals surface area contributed by atoms with Gasteiger partial charge in [-0.05, 0) is 57.9 Å². The molecule has 1 saturated heterocycles. The number of aromatic nitrogens is 2. The fraction of sp³-hybridized carbons (Fsp3) is 0.545. The first-order valence-electron chi connectivity index (χ1n) is 10.2. The van der Waals surface area contributed by atoms with Gasteiger partial charge in [0.1, 0.15) is 24.7 Å². The molecule has 0 aromatic carbocycles. The summed E-state index contributed by atoms with van der Waals surface area (Å²) in [6.07, 6.45) is 1.54. The van der Waals surface area contributed by atoms with Gasteiger partial charge in [0.15, 0.2) is 5.75 Å². The predicted molar refractivity (Wildman–Crippen MR) is 106 cm³/mol. The summed E-state index contributed by atoms with van der Waals surface area (Å²) in [6, 6.07) is 4.85. The van der Waals surface area contributed by atoms with Crippen LogP contribution in [-0.2, 0) is 6.42 Å². The van der Waals surface area contributed by atoms with Gasteiger partial charge in [0.2, 0.25) is 0 Å². The molecule has 2 aromatic heterocycles. The molecule has 0 N–H and O–H groups in total.